The van der Waals surface area contributed by atoms with E-state index in [1.165, 1.54) is 12.8 Å². The van der Waals surface area contributed by atoms with Crippen molar-refractivity contribution in [3.63, 3.8) is 0 Å². The summed E-state index contributed by atoms with van der Waals surface area (Å²) in [6.07, 6.45) is 8.07. The lowest BCUT2D eigenvalue weighted by Gasteiger charge is -2.25. The third kappa shape index (κ3) is 3.15. The first kappa shape index (κ1) is 13.1. The standard InChI is InChI=1S/C14H23N3O2/c1-15-11-6-4-10(5-7-11)14-16-13(17-19-14)9-12-3-2-8-18-12/h10-12,15H,2-9H2,1H3. The van der Waals surface area contributed by atoms with E-state index in [1.807, 2.05) is 7.05 Å². The molecular formula is C14H23N3O2. The van der Waals surface area contributed by atoms with Gasteiger partial charge in [-0.3, -0.25) is 0 Å². The number of hydrogen-bond donors (Lipinski definition) is 1. The summed E-state index contributed by atoms with van der Waals surface area (Å²) in [5.74, 6) is 2.11. The van der Waals surface area contributed by atoms with Crippen LogP contribution >= 0.6 is 0 Å². The number of hydrogen-bond acceptors (Lipinski definition) is 5. The molecule has 1 aliphatic heterocycles. The van der Waals surface area contributed by atoms with Crippen molar-refractivity contribution in [3.05, 3.63) is 11.7 Å². The highest BCUT2D eigenvalue weighted by atomic mass is 16.5. The van der Waals surface area contributed by atoms with Gasteiger partial charge in [0, 0.05) is 25.0 Å². The molecule has 5 heteroatoms. The molecule has 5 nitrogen and oxygen atoms in total. The second-order valence-corrected chi connectivity index (χ2v) is 5.73. The fraction of sp³-hybridized carbons (Fsp3) is 0.857. The van der Waals surface area contributed by atoms with Crippen LogP contribution in [0.3, 0.4) is 0 Å². The van der Waals surface area contributed by atoms with Crippen LogP contribution in [-0.2, 0) is 11.2 Å². The Labute approximate surface area is 114 Å². The van der Waals surface area contributed by atoms with Crippen LogP contribution in [0.25, 0.3) is 0 Å². The highest BCUT2D eigenvalue weighted by molar-refractivity contribution is 4.98. The molecule has 1 aliphatic carbocycles. The maximum atomic E-state index is 5.61. The predicted molar refractivity (Wildman–Crippen MR) is 71.0 cm³/mol. The molecular weight excluding hydrogens is 242 g/mol. The number of rotatable bonds is 4. The van der Waals surface area contributed by atoms with Crippen LogP contribution in [0, 0.1) is 0 Å². The third-order valence-electron chi connectivity index (χ3n) is 4.40. The van der Waals surface area contributed by atoms with Crippen molar-refractivity contribution >= 4 is 0 Å². The molecule has 0 spiro atoms. The van der Waals surface area contributed by atoms with Crippen LogP contribution in [0.5, 0.6) is 0 Å². The smallest absolute Gasteiger partial charge is 0.229 e. The largest absolute Gasteiger partial charge is 0.378 e. The van der Waals surface area contributed by atoms with Crippen molar-refractivity contribution in [2.75, 3.05) is 13.7 Å². The summed E-state index contributed by atoms with van der Waals surface area (Å²) in [7, 11) is 2.04. The lowest BCUT2D eigenvalue weighted by atomic mass is 9.86. The van der Waals surface area contributed by atoms with Crippen LogP contribution in [0.4, 0.5) is 0 Å². The summed E-state index contributed by atoms with van der Waals surface area (Å²) in [4.78, 5) is 4.57. The molecule has 0 radical (unpaired) electrons. The Morgan fingerprint density at radius 1 is 1.21 bits per heavy atom. The van der Waals surface area contributed by atoms with Crippen molar-refractivity contribution < 1.29 is 9.26 Å². The lowest BCUT2D eigenvalue weighted by molar-refractivity contribution is 0.109. The molecule has 1 saturated heterocycles. The molecule has 2 heterocycles. The van der Waals surface area contributed by atoms with Crippen LogP contribution in [0.15, 0.2) is 4.52 Å². The fourth-order valence-electron chi connectivity index (χ4n) is 3.15. The normalized spacial score (nSPS) is 31.7. The van der Waals surface area contributed by atoms with E-state index in [9.17, 15) is 0 Å². The molecule has 1 aromatic rings. The summed E-state index contributed by atoms with van der Waals surface area (Å²) in [6, 6.07) is 0.658. The molecule has 1 saturated carbocycles. The fourth-order valence-corrected chi connectivity index (χ4v) is 3.15. The topological polar surface area (TPSA) is 60.2 Å². The summed E-state index contributed by atoms with van der Waals surface area (Å²) in [5, 5.41) is 7.46. The van der Waals surface area contributed by atoms with Crippen LogP contribution in [0.2, 0.25) is 0 Å². The Morgan fingerprint density at radius 2 is 2.05 bits per heavy atom. The second-order valence-electron chi connectivity index (χ2n) is 5.73. The second kappa shape index (κ2) is 6.01. The first-order valence-corrected chi connectivity index (χ1v) is 7.46. The Morgan fingerprint density at radius 3 is 2.74 bits per heavy atom. The van der Waals surface area contributed by atoms with Gasteiger partial charge in [0.15, 0.2) is 5.82 Å². The van der Waals surface area contributed by atoms with Gasteiger partial charge in [0.25, 0.3) is 0 Å². The summed E-state index contributed by atoms with van der Waals surface area (Å²) < 4.78 is 11.1. The van der Waals surface area contributed by atoms with Crippen molar-refractivity contribution in [2.45, 2.75) is 63.0 Å². The van der Waals surface area contributed by atoms with E-state index in [0.29, 0.717) is 18.1 Å². The highest BCUT2D eigenvalue weighted by Gasteiger charge is 2.26. The Balaban J connectivity index is 1.55. The molecule has 0 bridgehead atoms. The number of aromatic nitrogens is 2. The van der Waals surface area contributed by atoms with Gasteiger partial charge >= 0.3 is 0 Å². The van der Waals surface area contributed by atoms with Crippen molar-refractivity contribution in [2.24, 2.45) is 0 Å². The van der Waals surface area contributed by atoms with E-state index in [-0.39, 0.29) is 0 Å². The maximum absolute atomic E-state index is 5.61. The Kier molecular flexibility index (Phi) is 4.13. The van der Waals surface area contributed by atoms with Gasteiger partial charge < -0.3 is 14.6 Å². The molecule has 2 aliphatic rings. The molecule has 0 amide bonds. The van der Waals surface area contributed by atoms with Crippen LogP contribution in [0.1, 0.15) is 56.2 Å². The van der Waals surface area contributed by atoms with E-state index in [1.54, 1.807) is 0 Å². The molecule has 3 rings (SSSR count). The van der Waals surface area contributed by atoms with Gasteiger partial charge in [0.2, 0.25) is 5.89 Å². The van der Waals surface area contributed by atoms with Gasteiger partial charge in [0.1, 0.15) is 0 Å². The van der Waals surface area contributed by atoms with Gasteiger partial charge in [-0.25, -0.2) is 0 Å². The monoisotopic (exact) mass is 265 g/mol. The average molecular weight is 265 g/mol. The molecule has 1 atom stereocenters. The Bertz CT molecular complexity index is 393. The third-order valence-corrected chi connectivity index (χ3v) is 4.40. The van der Waals surface area contributed by atoms with Crippen LogP contribution < -0.4 is 5.32 Å². The van der Waals surface area contributed by atoms with Crippen LogP contribution in [-0.4, -0.2) is 35.9 Å². The first-order chi connectivity index (χ1) is 9.35. The minimum Gasteiger partial charge on any atom is -0.378 e. The highest BCUT2D eigenvalue weighted by Crippen LogP contribution is 2.32. The van der Waals surface area contributed by atoms with Gasteiger partial charge in [-0.15, -0.1) is 0 Å². The zero-order chi connectivity index (χ0) is 13.1. The minimum absolute atomic E-state index is 0.297. The molecule has 0 aromatic carbocycles. The summed E-state index contributed by atoms with van der Waals surface area (Å²) in [6.45, 7) is 0.878. The Hall–Kier alpha value is -0.940. The zero-order valence-corrected chi connectivity index (χ0v) is 11.6. The van der Waals surface area contributed by atoms with Crippen molar-refractivity contribution in [1.82, 2.24) is 15.5 Å². The minimum atomic E-state index is 0.297. The first-order valence-electron chi connectivity index (χ1n) is 7.46. The average Bonchev–Trinajstić information content (AvgIpc) is 3.11. The number of ether oxygens (including phenoxy) is 1. The number of nitrogens with one attached hydrogen (secondary N) is 1. The predicted octanol–water partition coefficient (Wildman–Crippen LogP) is 2.04. The van der Waals surface area contributed by atoms with E-state index in [4.69, 9.17) is 9.26 Å². The molecule has 19 heavy (non-hydrogen) atoms. The quantitative estimate of drug-likeness (QED) is 0.902. The zero-order valence-electron chi connectivity index (χ0n) is 11.6. The van der Waals surface area contributed by atoms with E-state index in [0.717, 1.165) is 50.4 Å². The van der Waals surface area contributed by atoms with Gasteiger partial charge in [0.05, 0.1) is 6.10 Å². The molecule has 106 valence electrons. The molecule has 1 aromatic heterocycles. The van der Waals surface area contributed by atoms with E-state index in [2.05, 4.69) is 15.5 Å². The summed E-state index contributed by atoms with van der Waals surface area (Å²) >= 11 is 0. The number of nitrogens with zero attached hydrogens (tertiary/aromatic N) is 2. The van der Waals surface area contributed by atoms with Crippen molar-refractivity contribution in [3.8, 4) is 0 Å². The summed E-state index contributed by atoms with van der Waals surface area (Å²) in [5.41, 5.74) is 0. The van der Waals surface area contributed by atoms with Gasteiger partial charge in [-0.2, -0.15) is 4.98 Å². The SMILES string of the molecule is CNC1CCC(c2nc(CC3CCCO3)no2)CC1. The van der Waals surface area contributed by atoms with E-state index >= 15 is 0 Å². The maximum Gasteiger partial charge on any atom is 0.229 e. The van der Waals surface area contributed by atoms with Crippen molar-refractivity contribution in [1.29, 1.82) is 0 Å². The lowest BCUT2D eigenvalue weighted by Crippen LogP contribution is -2.29. The van der Waals surface area contributed by atoms with Gasteiger partial charge in [-0.05, 0) is 45.6 Å². The molecule has 1 N–H and O–H groups in total. The molecule has 2 fully saturated rings. The molecule has 1 unspecified atom stereocenters. The van der Waals surface area contributed by atoms with E-state index < -0.39 is 0 Å². The van der Waals surface area contributed by atoms with Gasteiger partial charge in [-0.1, -0.05) is 5.16 Å².